The van der Waals surface area contributed by atoms with Crippen molar-refractivity contribution < 1.29 is 9.15 Å². The van der Waals surface area contributed by atoms with Crippen LogP contribution in [0.4, 0.5) is 0 Å². The van der Waals surface area contributed by atoms with Crippen molar-refractivity contribution in [2.24, 2.45) is 0 Å². The molecule has 0 N–H and O–H groups in total. The highest BCUT2D eigenvalue weighted by Crippen LogP contribution is 2.26. The number of fused-ring (bicyclic) bond motifs is 1. The molecule has 1 aromatic carbocycles. The molecule has 0 bridgehead atoms. The Balaban J connectivity index is 2.42. The topological polar surface area (TPSA) is 39.4 Å². The minimum atomic E-state index is -0.347. The van der Waals surface area contributed by atoms with Crippen molar-refractivity contribution in [2.45, 2.75) is 34.1 Å². The molecule has 0 aliphatic rings. The van der Waals surface area contributed by atoms with E-state index in [1.807, 2.05) is 32.1 Å². The van der Waals surface area contributed by atoms with Gasteiger partial charge in [-0.25, -0.2) is 4.79 Å². The van der Waals surface area contributed by atoms with Crippen molar-refractivity contribution in [3.05, 3.63) is 63.5 Å². The second kappa shape index (κ2) is 7.12. The highest BCUT2D eigenvalue weighted by Gasteiger charge is 2.07. The maximum atomic E-state index is 11.4. The molecule has 116 valence electrons. The van der Waals surface area contributed by atoms with Crippen molar-refractivity contribution in [3.8, 4) is 5.75 Å². The van der Waals surface area contributed by atoms with Crippen LogP contribution in [0, 0.1) is 0 Å². The molecule has 1 heterocycles. The Hall–Kier alpha value is -2.29. The molecule has 0 fully saturated rings. The van der Waals surface area contributed by atoms with Gasteiger partial charge in [-0.15, -0.1) is 0 Å². The predicted octanol–water partition coefficient (Wildman–Crippen LogP) is 4.65. The highest BCUT2D eigenvalue weighted by molar-refractivity contribution is 5.79. The third-order valence-electron chi connectivity index (χ3n) is 3.26. The maximum Gasteiger partial charge on any atom is 0.336 e. The van der Waals surface area contributed by atoms with Crippen LogP contribution < -0.4 is 10.4 Å². The quantitative estimate of drug-likeness (QED) is 0.596. The normalized spacial score (nSPS) is 10.4. The van der Waals surface area contributed by atoms with Crippen LogP contribution in [0.5, 0.6) is 5.75 Å². The molecular weight excluding hydrogens is 276 g/mol. The number of benzene rings is 1. The molecule has 22 heavy (non-hydrogen) atoms. The van der Waals surface area contributed by atoms with E-state index in [1.54, 1.807) is 6.07 Å². The zero-order valence-corrected chi connectivity index (χ0v) is 13.6. The van der Waals surface area contributed by atoms with Crippen LogP contribution in [-0.4, -0.2) is 6.61 Å². The largest absolute Gasteiger partial charge is 0.489 e. The van der Waals surface area contributed by atoms with Crippen LogP contribution in [0.15, 0.2) is 56.8 Å². The van der Waals surface area contributed by atoms with Gasteiger partial charge in [-0.3, -0.25) is 0 Å². The van der Waals surface area contributed by atoms with Gasteiger partial charge < -0.3 is 9.15 Å². The fourth-order valence-corrected chi connectivity index (χ4v) is 2.05. The van der Waals surface area contributed by atoms with Crippen molar-refractivity contribution in [1.29, 1.82) is 0 Å². The molecule has 0 unspecified atom stereocenters. The molecule has 0 saturated carbocycles. The van der Waals surface area contributed by atoms with E-state index in [0.29, 0.717) is 12.2 Å². The van der Waals surface area contributed by atoms with Gasteiger partial charge in [-0.2, -0.15) is 0 Å². The van der Waals surface area contributed by atoms with Gasteiger partial charge in [0.25, 0.3) is 0 Å². The Morgan fingerprint density at radius 3 is 2.50 bits per heavy atom. The summed E-state index contributed by atoms with van der Waals surface area (Å²) in [5.41, 5.74) is 3.76. The first-order valence-corrected chi connectivity index (χ1v) is 7.42. The lowest BCUT2D eigenvalue weighted by Crippen LogP contribution is -2.00. The third-order valence-corrected chi connectivity index (χ3v) is 3.26. The first kappa shape index (κ1) is 16.1. The fraction of sp³-hybridized carbons (Fsp3) is 0.316. The van der Waals surface area contributed by atoms with Crippen molar-refractivity contribution in [2.75, 3.05) is 6.61 Å². The second-order valence-electron chi connectivity index (χ2n) is 5.83. The molecule has 2 rings (SSSR count). The summed E-state index contributed by atoms with van der Waals surface area (Å²) in [6.45, 7) is 8.72. The van der Waals surface area contributed by atoms with Crippen LogP contribution in [0.1, 0.15) is 33.3 Å². The smallest absolute Gasteiger partial charge is 0.336 e. The van der Waals surface area contributed by atoms with E-state index >= 15 is 0 Å². The highest BCUT2D eigenvalue weighted by atomic mass is 16.5. The zero-order valence-electron chi connectivity index (χ0n) is 13.6. The molecule has 0 aliphatic carbocycles. The first-order chi connectivity index (χ1) is 10.5. The van der Waals surface area contributed by atoms with Gasteiger partial charge in [0.15, 0.2) is 0 Å². The summed E-state index contributed by atoms with van der Waals surface area (Å²) >= 11 is 0. The number of ether oxygens (including phenoxy) is 1. The Kier molecular flexibility index (Phi) is 5.21. The van der Waals surface area contributed by atoms with Gasteiger partial charge in [-0.1, -0.05) is 17.2 Å². The summed E-state index contributed by atoms with van der Waals surface area (Å²) < 4.78 is 11.1. The lowest BCUT2D eigenvalue weighted by molar-refractivity contribution is 0.358. The van der Waals surface area contributed by atoms with E-state index in [1.165, 1.54) is 17.2 Å². The standard InChI is InChI=1S/C19H22O3/c1-13(2)5-6-15-11-16-7-8-19(20)22-18(16)12-17(15)21-10-9-14(3)4/h5,7-9,11-12H,6,10H2,1-4H3. The summed E-state index contributed by atoms with van der Waals surface area (Å²) in [5.74, 6) is 0.761. The fourth-order valence-electron chi connectivity index (χ4n) is 2.05. The van der Waals surface area contributed by atoms with E-state index in [4.69, 9.17) is 9.15 Å². The average molecular weight is 298 g/mol. The molecule has 0 atom stereocenters. The predicted molar refractivity (Wildman–Crippen MR) is 90.5 cm³/mol. The summed E-state index contributed by atoms with van der Waals surface area (Å²) in [4.78, 5) is 11.4. The Labute approximate surface area is 130 Å². The van der Waals surface area contributed by atoms with E-state index in [-0.39, 0.29) is 5.63 Å². The van der Waals surface area contributed by atoms with Gasteiger partial charge in [0, 0.05) is 17.5 Å². The van der Waals surface area contributed by atoms with Crippen LogP contribution in [0.2, 0.25) is 0 Å². The molecule has 3 heteroatoms. The monoisotopic (exact) mass is 298 g/mol. The summed E-state index contributed by atoms with van der Waals surface area (Å²) in [5, 5.41) is 0.909. The Morgan fingerprint density at radius 1 is 1.09 bits per heavy atom. The minimum Gasteiger partial charge on any atom is -0.489 e. The van der Waals surface area contributed by atoms with Gasteiger partial charge >= 0.3 is 5.63 Å². The number of allylic oxidation sites excluding steroid dienone is 3. The number of hydrogen-bond acceptors (Lipinski definition) is 3. The molecule has 0 radical (unpaired) electrons. The summed E-state index contributed by atoms with van der Waals surface area (Å²) in [7, 11) is 0. The molecule has 3 nitrogen and oxygen atoms in total. The molecule has 0 amide bonds. The number of hydrogen-bond donors (Lipinski definition) is 0. The minimum absolute atomic E-state index is 0.347. The maximum absolute atomic E-state index is 11.4. The van der Waals surface area contributed by atoms with Gasteiger partial charge in [-0.05, 0) is 57.9 Å². The Morgan fingerprint density at radius 2 is 1.82 bits per heavy atom. The van der Waals surface area contributed by atoms with Crippen molar-refractivity contribution in [3.63, 3.8) is 0 Å². The van der Waals surface area contributed by atoms with Crippen LogP contribution in [-0.2, 0) is 6.42 Å². The molecular formula is C19H22O3. The molecule has 0 aliphatic heterocycles. The average Bonchev–Trinajstić information content (AvgIpc) is 2.44. The van der Waals surface area contributed by atoms with Gasteiger partial charge in [0.1, 0.15) is 17.9 Å². The van der Waals surface area contributed by atoms with E-state index < -0.39 is 0 Å². The lowest BCUT2D eigenvalue weighted by atomic mass is 10.1. The van der Waals surface area contributed by atoms with E-state index in [2.05, 4.69) is 19.9 Å². The van der Waals surface area contributed by atoms with Crippen molar-refractivity contribution >= 4 is 11.0 Å². The summed E-state index contributed by atoms with van der Waals surface area (Å²) in [6.07, 6.45) is 4.98. The van der Waals surface area contributed by atoms with Gasteiger partial charge in [0.2, 0.25) is 0 Å². The van der Waals surface area contributed by atoms with Crippen LogP contribution >= 0.6 is 0 Å². The van der Waals surface area contributed by atoms with Crippen LogP contribution in [0.25, 0.3) is 11.0 Å². The van der Waals surface area contributed by atoms with Crippen LogP contribution in [0.3, 0.4) is 0 Å². The van der Waals surface area contributed by atoms with Gasteiger partial charge in [0.05, 0.1) is 0 Å². The second-order valence-corrected chi connectivity index (χ2v) is 5.83. The summed E-state index contributed by atoms with van der Waals surface area (Å²) in [6, 6.07) is 7.06. The van der Waals surface area contributed by atoms with E-state index in [9.17, 15) is 4.79 Å². The third kappa shape index (κ3) is 4.35. The SMILES string of the molecule is CC(C)=CCOc1cc2oc(=O)ccc2cc1CC=C(C)C. The van der Waals surface area contributed by atoms with Crippen molar-refractivity contribution in [1.82, 2.24) is 0 Å². The molecule has 0 saturated heterocycles. The first-order valence-electron chi connectivity index (χ1n) is 7.42. The molecule has 2 aromatic rings. The molecule has 0 spiro atoms. The number of rotatable bonds is 5. The molecule has 1 aromatic heterocycles. The zero-order chi connectivity index (χ0) is 16.1. The van der Waals surface area contributed by atoms with E-state index in [0.717, 1.165) is 23.1 Å². The lowest BCUT2D eigenvalue weighted by Gasteiger charge is -2.11. The Bertz CT molecular complexity index is 771.